The van der Waals surface area contributed by atoms with Crippen molar-refractivity contribution < 1.29 is 28.2 Å². The van der Waals surface area contributed by atoms with Crippen LogP contribution < -0.4 is 10.1 Å². The summed E-state index contributed by atoms with van der Waals surface area (Å²) in [4.78, 5) is 34.3. The topological polar surface area (TPSA) is 81.7 Å². The third-order valence-corrected chi connectivity index (χ3v) is 3.11. The van der Waals surface area contributed by atoms with Crippen LogP contribution in [-0.4, -0.2) is 30.9 Å². The van der Waals surface area contributed by atoms with Crippen molar-refractivity contribution in [2.24, 2.45) is 0 Å². The van der Waals surface area contributed by atoms with Crippen molar-refractivity contribution in [3.63, 3.8) is 0 Å². The number of carbonyl (C=O) groups excluding carboxylic acids is 3. The third kappa shape index (κ3) is 6.06. The Hall–Kier alpha value is -3.22. The van der Waals surface area contributed by atoms with Gasteiger partial charge in [-0.05, 0) is 55.5 Å². The molecule has 0 spiro atoms. The molecule has 6 nitrogen and oxygen atoms in total. The standard InChI is InChI=1S/C18H16FNO5/c1-12(21)13-2-8-16(9-3-13)24-11-18(23)25-10-17(22)20-15-6-4-14(19)5-7-15/h2-9H,10-11H2,1H3,(H,20,22). The van der Waals surface area contributed by atoms with Crippen molar-refractivity contribution in [3.8, 4) is 5.75 Å². The number of amides is 1. The Balaban J connectivity index is 1.72. The Morgan fingerprint density at radius 3 is 2.20 bits per heavy atom. The molecule has 0 unspecified atom stereocenters. The van der Waals surface area contributed by atoms with Crippen molar-refractivity contribution in [1.29, 1.82) is 0 Å². The van der Waals surface area contributed by atoms with E-state index in [1.807, 2.05) is 0 Å². The minimum Gasteiger partial charge on any atom is -0.482 e. The van der Waals surface area contributed by atoms with Crippen LogP contribution in [0.15, 0.2) is 48.5 Å². The molecule has 0 aromatic heterocycles. The van der Waals surface area contributed by atoms with Gasteiger partial charge in [-0.25, -0.2) is 9.18 Å². The number of halogens is 1. The quantitative estimate of drug-likeness (QED) is 0.616. The molecule has 0 heterocycles. The first-order valence-corrected chi connectivity index (χ1v) is 7.39. The van der Waals surface area contributed by atoms with Crippen molar-refractivity contribution >= 4 is 23.3 Å². The first-order chi connectivity index (χ1) is 11.9. The summed E-state index contributed by atoms with van der Waals surface area (Å²) in [6.07, 6.45) is 0. The zero-order valence-corrected chi connectivity index (χ0v) is 13.5. The minimum atomic E-state index is -0.718. The van der Waals surface area contributed by atoms with Crippen LogP contribution in [0.25, 0.3) is 0 Å². The Labute approximate surface area is 143 Å². The maximum absolute atomic E-state index is 12.8. The SMILES string of the molecule is CC(=O)c1ccc(OCC(=O)OCC(=O)Nc2ccc(F)cc2)cc1. The molecule has 0 bridgehead atoms. The molecule has 0 aliphatic heterocycles. The molecule has 0 aliphatic carbocycles. The summed E-state index contributed by atoms with van der Waals surface area (Å²) in [6.45, 7) is 0.594. The Bertz CT molecular complexity index is 756. The number of esters is 1. The Kier molecular flexibility index (Phi) is 6.22. The van der Waals surface area contributed by atoms with Crippen LogP contribution in [0.5, 0.6) is 5.75 Å². The molecule has 2 aromatic carbocycles. The monoisotopic (exact) mass is 345 g/mol. The van der Waals surface area contributed by atoms with E-state index in [9.17, 15) is 18.8 Å². The van der Waals surface area contributed by atoms with Gasteiger partial charge in [0.25, 0.3) is 5.91 Å². The average molecular weight is 345 g/mol. The highest BCUT2D eigenvalue weighted by Crippen LogP contribution is 2.12. The fourth-order valence-corrected chi connectivity index (χ4v) is 1.85. The molecule has 130 valence electrons. The lowest BCUT2D eigenvalue weighted by Gasteiger charge is -2.08. The van der Waals surface area contributed by atoms with Crippen LogP contribution in [0.3, 0.4) is 0 Å². The predicted molar refractivity (Wildman–Crippen MR) is 87.9 cm³/mol. The van der Waals surface area contributed by atoms with Gasteiger partial charge in [0.2, 0.25) is 0 Å². The number of hydrogen-bond acceptors (Lipinski definition) is 5. The number of ketones is 1. The van der Waals surface area contributed by atoms with Gasteiger partial charge in [-0.3, -0.25) is 9.59 Å². The van der Waals surface area contributed by atoms with E-state index in [1.165, 1.54) is 31.2 Å². The molecule has 0 atom stereocenters. The number of Topliss-reactive ketones (excluding diaryl/α,β-unsaturated/α-hetero) is 1. The molecule has 0 fully saturated rings. The highest BCUT2D eigenvalue weighted by molar-refractivity contribution is 5.94. The summed E-state index contributed by atoms with van der Waals surface area (Å²) in [5.41, 5.74) is 0.927. The van der Waals surface area contributed by atoms with Gasteiger partial charge in [0.1, 0.15) is 11.6 Å². The number of benzene rings is 2. The van der Waals surface area contributed by atoms with E-state index in [0.29, 0.717) is 17.0 Å². The molecule has 1 N–H and O–H groups in total. The number of nitrogens with one attached hydrogen (secondary N) is 1. The van der Waals surface area contributed by atoms with Crippen LogP contribution in [0.1, 0.15) is 17.3 Å². The lowest BCUT2D eigenvalue weighted by molar-refractivity contribution is -0.149. The van der Waals surface area contributed by atoms with Crippen LogP contribution in [0.4, 0.5) is 10.1 Å². The second-order valence-corrected chi connectivity index (χ2v) is 5.08. The molecule has 0 radical (unpaired) electrons. The Morgan fingerprint density at radius 1 is 0.960 bits per heavy atom. The van der Waals surface area contributed by atoms with E-state index < -0.39 is 24.3 Å². The number of carbonyl (C=O) groups is 3. The molecule has 25 heavy (non-hydrogen) atoms. The first kappa shape index (κ1) is 18.1. The summed E-state index contributed by atoms with van der Waals surface area (Å²) in [5, 5.41) is 2.46. The zero-order valence-electron chi connectivity index (χ0n) is 13.5. The smallest absolute Gasteiger partial charge is 0.344 e. The molecule has 0 saturated heterocycles. The maximum Gasteiger partial charge on any atom is 0.344 e. The summed E-state index contributed by atoms with van der Waals surface area (Å²) in [6, 6.07) is 11.5. The Morgan fingerprint density at radius 2 is 1.60 bits per heavy atom. The van der Waals surface area contributed by atoms with E-state index in [1.54, 1.807) is 24.3 Å². The van der Waals surface area contributed by atoms with E-state index in [-0.39, 0.29) is 12.4 Å². The molecular weight excluding hydrogens is 329 g/mol. The molecule has 0 saturated carbocycles. The molecule has 2 rings (SSSR count). The number of hydrogen-bond donors (Lipinski definition) is 1. The molecular formula is C18H16FNO5. The van der Waals surface area contributed by atoms with E-state index in [0.717, 1.165) is 0 Å². The van der Waals surface area contributed by atoms with Gasteiger partial charge in [-0.15, -0.1) is 0 Å². The van der Waals surface area contributed by atoms with Gasteiger partial charge in [-0.2, -0.15) is 0 Å². The van der Waals surface area contributed by atoms with Crippen LogP contribution >= 0.6 is 0 Å². The summed E-state index contributed by atoms with van der Waals surface area (Å²) < 4.78 is 22.7. The highest BCUT2D eigenvalue weighted by atomic mass is 19.1. The van der Waals surface area contributed by atoms with Gasteiger partial charge < -0.3 is 14.8 Å². The molecule has 0 aliphatic rings. The second-order valence-electron chi connectivity index (χ2n) is 5.08. The second kappa shape index (κ2) is 8.58. The van der Waals surface area contributed by atoms with Gasteiger partial charge in [0.05, 0.1) is 0 Å². The van der Waals surface area contributed by atoms with Crippen LogP contribution in [0.2, 0.25) is 0 Å². The fraction of sp³-hybridized carbons (Fsp3) is 0.167. The number of anilines is 1. The number of ether oxygens (including phenoxy) is 2. The highest BCUT2D eigenvalue weighted by Gasteiger charge is 2.09. The van der Waals surface area contributed by atoms with Crippen LogP contribution in [0, 0.1) is 5.82 Å². The van der Waals surface area contributed by atoms with Crippen molar-refractivity contribution in [2.45, 2.75) is 6.92 Å². The maximum atomic E-state index is 12.8. The van der Waals surface area contributed by atoms with Crippen molar-refractivity contribution in [3.05, 3.63) is 59.9 Å². The summed E-state index contributed by atoms with van der Waals surface area (Å²) >= 11 is 0. The molecule has 2 aromatic rings. The lowest BCUT2D eigenvalue weighted by atomic mass is 10.1. The lowest BCUT2D eigenvalue weighted by Crippen LogP contribution is -2.23. The van der Waals surface area contributed by atoms with E-state index >= 15 is 0 Å². The zero-order chi connectivity index (χ0) is 18.2. The fourth-order valence-electron chi connectivity index (χ4n) is 1.85. The van der Waals surface area contributed by atoms with Crippen LogP contribution in [-0.2, 0) is 14.3 Å². The van der Waals surface area contributed by atoms with E-state index in [4.69, 9.17) is 9.47 Å². The van der Waals surface area contributed by atoms with Gasteiger partial charge >= 0.3 is 5.97 Å². The summed E-state index contributed by atoms with van der Waals surface area (Å²) in [7, 11) is 0. The average Bonchev–Trinajstić information content (AvgIpc) is 2.60. The molecule has 1 amide bonds. The largest absolute Gasteiger partial charge is 0.482 e. The van der Waals surface area contributed by atoms with Crippen molar-refractivity contribution in [1.82, 2.24) is 0 Å². The van der Waals surface area contributed by atoms with Gasteiger partial charge in [-0.1, -0.05) is 0 Å². The van der Waals surface area contributed by atoms with Gasteiger partial charge in [0.15, 0.2) is 19.0 Å². The van der Waals surface area contributed by atoms with E-state index in [2.05, 4.69) is 5.32 Å². The normalized spacial score (nSPS) is 10.0. The first-order valence-electron chi connectivity index (χ1n) is 7.39. The molecule has 7 heteroatoms. The van der Waals surface area contributed by atoms with Crippen molar-refractivity contribution in [2.75, 3.05) is 18.5 Å². The van der Waals surface area contributed by atoms with Gasteiger partial charge in [0, 0.05) is 11.3 Å². The predicted octanol–water partition coefficient (Wildman–Crippen LogP) is 2.59. The minimum absolute atomic E-state index is 0.0712. The third-order valence-electron chi connectivity index (χ3n) is 3.11. The number of rotatable bonds is 7. The summed E-state index contributed by atoms with van der Waals surface area (Å²) in [5.74, 6) is -1.36.